The molecule has 0 radical (unpaired) electrons. The lowest BCUT2D eigenvalue weighted by molar-refractivity contribution is 0.112. The minimum Gasteiger partial charge on any atom is -0.353 e. The number of fused-ring (bicyclic) bond motifs is 1. The Bertz CT molecular complexity index is 789. The van der Waals surface area contributed by atoms with E-state index in [0.717, 1.165) is 34.9 Å². The molecule has 0 bridgehead atoms. The molecule has 0 unspecified atom stereocenters. The first kappa shape index (κ1) is 12.9. The lowest BCUT2D eigenvalue weighted by atomic mass is 9.99. The van der Waals surface area contributed by atoms with E-state index in [4.69, 9.17) is 11.6 Å². The van der Waals surface area contributed by atoms with Crippen molar-refractivity contribution >= 4 is 28.8 Å². The zero-order valence-corrected chi connectivity index (χ0v) is 11.9. The third-order valence-electron chi connectivity index (χ3n) is 3.61. The number of aldehydes is 1. The van der Waals surface area contributed by atoms with E-state index in [1.54, 1.807) is 0 Å². The van der Waals surface area contributed by atoms with Gasteiger partial charge in [-0.15, -0.1) is 0 Å². The third-order valence-corrected chi connectivity index (χ3v) is 3.92. The first-order valence-electron chi connectivity index (χ1n) is 6.60. The summed E-state index contributed by atoms with van der Waals surface area (Å²) in [5, 5.41) is 1.50. The molecule has 0 saturated heterocycles. The van der Waals surface area contributed by atoms with E-state index in [2.05, 4.69) is 18.0 Å². The summed E-state index contributed by atoms with van der Waals surface area (Å²) in [7, 11) is 0. The SMILES string of the molecule is CCc1ccccc1-c1[nH]c2c(Cl)cccc2c1C=O. The van der Waals surface area contributed by atoms with E-state index in [9.17, 15) is 4.79 Å². The van der Waals surface area contributed by atoms with Crippen LogP contribution in [-0.4, -0.2) is 11.3 Å². The van der Waals surface area contributed by atoms with Crippen molar-refractivity contribution in [2.75, 3.05) is 0 Å². The summed E-state index contributed by atoms with van der Waals surface area (Å²) in [4.78, 5) is 14.8. The van der Waals surface area contributed by atoms with Crippen molar-refractivity contribution in [1.29, 1.82) is 0 Å². The first-order chi connectivity index (χ1) is 9.76. The monoisotopic (exact) mass is 283 g/mol. The number of aromatic nitrogens is 1. The Labute approximate surface area is 122 Å². The molecule has 0 aliphatic rings. The van der Waals surface area contributed by atoms with Crippen LogP contribution < -0.4 is 0 Å². The number of para-hydroxylation sites is 1. The zero-order valence-electron chi connectivity index (χ0n) is 11.1. The van der Waals surface area contributed by atoms with Crippen LogP contribution in [0.5, 0.6) is 0 Å². The quantitative estimate of drug-likeness (QED) is 0.684. The Morgan fingerprint density at radius 1 is 1.15 bits per heavy atom. The molecule has 0 saturated carbocycles. The number of H-pyrrole nitrogens is 1. The van der Waals surface area contributed by atoms with Gasteiger partial charge >= 0.3 is 0 Å². The van der Waals surface area contributed by atoms with E-state index in [-0.39, 0.29) is 0 Å². The van der Waals surface area contributed by atoms with Gasteiger partial charge in [0.1, 0.15) is 0 Å². The maximum atomic E-state index is 11.5. The molecule has 1 heterocycles. The summed E-state index contributed by atoms with van der Waals surface area (Å²) in [6, 6.07) is 13.7. The van der Waals surface area contributed by atoms with E-state index in [1.807, 2.05) is 36.4 Å². The first-order valence-corrected chi connectivity index (χ1v) is 6.97. The molecule has 0 aliphatic carbocycles. The maximum Gasteiger partial charge on any atom is 0.152 e. The summed E-state index contributed by atoms with van der Waals surface area (Å²) in [5.41, 5.74) is 4.60. The molecule has 100 valence electrons. The second kappa shape index (κ2) is 5.14. The Balaban J connectivity index is 2.36. The number of rotatable bonds is 3. The molecule has 1 aromatic heterocycles. The fourth-order valence-electron chi connectivity index (χ4n) is 2.61. The van der Waals surface area contributed by atoms with Gasteiger partial charge in [-0.25, -0.2) is 0 Å². The van der Waals surface area contributed by atoms with Crippen LogP contribution in [-0.2, 0) is 6.42 Å². The highest BCUT2D eigenvalue weighted by atomic mass is 35.5. The molecule has 0 aliphatic heterocycles. The maximum absolute atomic E-state index is 11.5. The Kier molecular flexibility index (Phi) is 3.33. The second-order valence-corrected chi connectivity index (χ2v) is 5.11. The smallest absolute Gasteiger partial charge is 0.152 e. The van der Waals surface area contributed by atoms with Crippen molar-refractivity contribution in [1.82, 2.24) is 4.98 Å². The van der Waals surface area contributed by atoms with Gasteiger partial charge in [0.05, 0.1) is 16.2 Å². The van der Waals surface area contributed by atoms with E-state index in [0.29, 0.717) is 10.6 Å². The van der Waals surface area contributed by atoms with Crippen LogP contribution in [0.25, 0.3) is 22.2 Å². The predicted octanol–water partition coefficient (Wildman–Crippen LogP) is 4.86. The van der Waals surface area contributed by atoms with Gasteiger partial charge in [-0.1, -0.05) is 54.9 Å². The average molecular weight is 284 g/mol. The van der Waals surface area contributed by atoms with Crippen molar-refractivity contribution in [3.8, 4) is 11.3 Å². The highest BCUT2D eigenvalue weighted by Gasteiger charge is 2.15. The van der Waals surface area contributed by atoms with Crippen LogP contribution in [0.3, 0.4) is 0 Å². The molecule has 0 atom stereocenters. The van der Waals surface area contributed by atoms with Gasteiger partial charge in [-0.05, 0) is 18.1 Å². The predicted molar refractivity (Wildman–Crippen MR) is 83.5 cm³/mol. The third kappa shape index (κ3) is 1.93. The molecule has 3 rings (SSSR count). The van der Waals surface area contributed by atoms with Crippen molar-refractivity contribution in [3.05, 3.63) is 58.6 Å². The number of carbonyl (C=O) groups excluding carboxylic acids is 1. The summed E-state index contributed by atoms with van der Waals surface area (Å²) >= 11 is 6.21. The van der Waals surface area contributed by atoms with Crippen LogP contribution in [0, 0.1) is 0 Å². The van der Waals surface area contributed by atoms with Crippen LogP contribution in [0.15, 0.2) is 42.5 Å². The Morgan fingerprint density at radius 2 is 1.95 bits per heavy atom. The number of hydrogen-bond donors (Lipinski definition) is 1. The zero-order chi connectivity index (χ0) is 14.1. The number of halogens is 1. The van der Waals surface area contributed by atoms with Crippen LogP contribution in [0.4, 0.5) is 0 Å². The van der Waals surface area contributed by atoms with Gasteiger partial charge in [0.25, 0.3) is 0 Å². The molecule has 0 amide bonds. The number of aryl methyl sites for hydroxylation is 1. The number of nitrogens with one attached hydrogen (secondary N) is 1. The number of hydrogen-bond acceptors (Lipinski definition) is 1. The Morgan fingerprint density at radius 3 is 2.70 bits per heavy atom. The number of benzene rings is 2. The van der Waals surface area contributed by atoms with Crippen LogP contribution in [0.1, 0.15) is 22.8 Å². The minimum atomic E-state index is 0.630. The molecule has 2 nitrogen and oxygen atoms in total. The molecular formula is C17H14ClNO. The van der Waals surface area contributed by atoms with Crippen molar-refractivity contribution in [2.24, 2.45) is 0 Å². The number of aromatic amines is 1. The average Bonchev–Trinajstić information content (AvgIpc) is 2.87. The lowest BCUT2D eigenvalue weighted by Gasteiger charge is -2.06. The summed E-state index contributed by atoms with van der Waals surface area (Å²) in [6.45, 7) is 2.11. The largest absolute Gasteiger partial charge is 0.353 e. The standard InChI is InChI=1S/C17H14ClNO/c1-2-11-6-3-4-7-12(11)16-14(10-20)13-8-5-9-15(18)17(13)19-16/h3-10,19H,2H2,1H3. The summed E-state index contributed by atoms with van der Waals surface area (Å²) < 4.78 is 0. The van der Waals surface area contributed by atoms with Gasteiger partial charge < -0.3 is 4.98 Å². The second-order valence-electron chi connectivity index (χ2n) is 4.70. The van der Waals surface area contributed by atoms with Gasteiger partial charge in [-0.2, -0.15) is 0 Å². The number of carbonyl (C=O) groups is 1. The topological polar surface area (TPSA) is 32.9 Å². The lowest BCUT2D eigenvalue weighted by Crippen LogP contribution is -1.90. The van der Waals surface area contributed by atoms with Gasteiger partial charge in [0, 0.05) is 16.5 Å². The molecule has 3 heteroatoms. The van der Waals surface area contributed by atoms with E-state index in [1.165, 1.54) is 5.56 Å². The highest BCUT2D eigenvalue weighted by molar-refractivity contribution is 6.35. The van der Waals surface area contributed by atoms with Gasteiger partial charge in [-0.3, -0.25) is 4.79 Å². The fraction of sp³-hybridized carbons (Fsp3) is 0.118. The van der Waals surface area contributed by atoms with Crippen molar-refractivity contribution in [3.63, 3.8) is 0 Å². The van der Waals surface area contributed by atoms with Gasteiger partial charge in [0.15, 0.2) is 6.29 Å². The Hall–Kier alpha value is -2.06. The minimum absolute atomic E-state index is 0.630. The summed E-state index contributed by atoms with van der Waals surface area (Å²) in [6.07, 6.45) is 1.81. The summed E-state index contributed by atoms with van der Waals surface area (Å²) in [5.74, 6) is 0. The molecule has 20 heavy (non-hydrogen) atoms. The van der Waals surface area contributed by atoms with Crippen LogP contribution >= 0.6 is 11.6 Å². The van der Waals surface area contributed by atoms with Crippen molar-refractivity contribution in [2.45, 2.75) is 13.3 Å². The molecule has 1 N–H and O–H groups in total. The normalized spacial score (nSPS) is 10.9. The molecule has 0 fully saturated rings. The molecule has 0 spiro atoms. The van der Waals surface area contributed by atoms with E-state index < -0.39 is 0 Å². The highest BCUT2D eigenvalue weighted by Crippen LogP contribution is 2.34. The fourth-order valence-corrected chi connectivity index (χ4v) is 2.83. The molecular weight excluding hydrogens is 270 g/mol. The van der Waals surface area contributed by atoms with Crippen LogP contribution in [0.2, 0.25) is 5.02 Å². The molecule has 2 aromatic carbocycles. The molecule has 3 aromatic rings. The van der Waals surface area contributed by atoms with E-state index >= 15 is 0 Å². The van der Waals surface area contributed by atoms with Gasteiger partial charge in [0.2, 0.25) is 0 Å². The van der Waals surface area contributed by atoms with Crippen molar-refractivity contribution < 1.29 is 4.79 Å².